The molecule has 19 heavy (non-hydrogen) atoms. The van der Waals surface area contributed by atoms with Crippen LogP contribution in [0.15, 0.2) is 28.1 Å². The van der Waals surface area contributed by atoms with Crippen molar-refractivity contribution in [2.45, 2.75) is 19.5 Å². The molecule has 0 bridgehead atoms. The summed E-state index contributed by atoms with van der Waals surface area (Å²) in [6, 6.07) is 4.76. The summed E-state index contributed by atoms with van der Waals surface area (Å²) >= 11 is 16.9. The fraction of sp³-hybridized carbons (Fsp3) is 0.231. The van der Waals surface area contributed by atoms with E-state index in [9.17, 15) is 4.39 Å². The van der Waals surface area contributed by atoms with Crippen LogP contribution in [-0.2, 0) is 6.54 Å². The lowest BCUT2D eigenvalue weighted by molar-refractivity contribution is 0.568. The molecule has 0 saturated carbocycles. The third kappa shape index (κ3) is 3.70. The van der Waals surface area contributed by atoms with E-state index in [0.717, 1.165) is 4.47 Å². The van der Waals surface area contributed by atoms with E-state index in [1.165, 1.54) is 17.0 Å². The Bertz CT molecular complexity index is 588. The van der Waals surface area contributed by atoms with Gasteiger partial charge in [0.1, 0.15) is 5.82 Å². The lowest BCUT2D eigenvalue weighted by atomic mass is 10.1. The number of hydrogen-bond donors (Lipinski definition) is 1. The Hall–Kier alpha value is -0.130. The van der Waals surface area contributed by atoms with Crippen molar-refractivity contribution in [1.82, 2.24) is 5.32 Å². The smallest absolute Gasteiger partial charge is 0.142 e. The molecule has 1 unspecified atom stereocenters. The number of rotatable bonds is 4. The highest BCUT2D eigenvalue weighted by Gasteiger charge is 2.13. The summed E-state index contributed by atoms with van der Waals surface area (Å²) in [5.41, 5.74) is 0.705. The molecule has 0 radical (unpaired) electrons. The number of hydrogen-bond acceptors (Lipinski definition) is 2. The van der Waals surface area contributed by atoms with Gasteiger partial charge in [0, 0.05) is 27.0 Å². The Morgan fingerprint density at radius 3 is 2.74 bits per heavy atom. The molecule has 2 rings (SSSR count). The van der Waals surface area contributed by atoms with E-state index in [1.54, 1.807) is 11.3 Å². The highest BCUT2D eigenvalue weighted by molar-refractivity contribution is 9.10. The Labute approximate surface area is 133 Å². The van der Waals surface area contributed by atoms with Crippen LogP contribution in [0.5, 0.6) is 0 Å². The normalized spacial score (nSPS) is 12.7. The maximum Gasteiger partial charge on any atom is 0.142 e. The minimum atomic E-state index is -0.452. The highest BCUT2D eigenvalue weighted by atomic mass is 79.9. The van der Waals surface area contributed by atoms with Crippen molar-refractivity contribution in [3.05, 3.63) is 54.4 Å². The molecule has 1 heterocycles. The standard InChI is InChI=1S/C13H11BrCl2FNS/c1-7(18-6-13-9(14)2-3-19-13)8-4-12(17)11(16)5-10(8)15/h2-5,7,18H,6H2,1H3. The molecule has 1 aromatic carbocycles. The van der Waals surface area contributed by atoms with Gasteiger partial charge >= 0.3 is 0 Å². The Morgan fingerprint density at radius 2 is 2.11 bits per heavy atom. The summed E-state index contributed by atoms with van der Waals surface area (Å²) in [5.74, 6) is -0.452. The molecule has 2 aromatic rings. The molecule has 0 fully saturated rings. The molecule has 6 heteroatoms. The quantitative estimate of drug-likeness (QED) is 0.658. The van der Waals surface area contributed by atoms with Gasteiger partial charge in [0.2, 0.25) is 0 Å². The average molecular weight is 383 g/mol. The van der Waals surface area contributed by atoms with Crippen LogP contribution >= 0.6 is 50.5 Å². The van der Waals surface area contributed by atoms with Gasteiger partial charge in [0.05, 0.1) is 5.02 Å². The SMILES string of the molecule is CC(NCc1sccc1Br)c1cc(F)c(Cl)cc1Cl. The van der Waals surface area contributed by atoms with Crippen molar-refractivity contribution < 1.29 is 4.39 Å². The van der Waals surface area contributed by atoms with Gasteiger partial charge in [-0.1, -0.05) is 23.2 Å². The first-order chi connectivity index (χ1) is 8.99. The number of benzene rings is 1. The van der Waals surface area contributed by atoms with Crippen molar-refractivity contribution in [2.24, 2.45) is 0 Å². The van der Waals surface area contributed by atoms with Crippen LogP contribution in [0.1, 0.15) is 23.4 Å². The largest absolute Gasteiger partial charge is 0.305 e. The first-order valence-corrected chi connectivity index (χ1v) is 8.01. The summed E-state index contributed by atoms with van der Waals surface area (Å²) in [6.07, 6.45) is 0. The number of halogens is 4. The zero-order chi connectivity index (χ0) is 14.0. The minimum absolute atomic E-state index is 0.0435. The molecular weight excluding hydrogens is 372 g/mol. The lowest BCUT2D eigenvalue weighted by Crippen LogP contribution is -2.18. The van der Waals surface area contributed by atoms with E-state index >= 15 is 0 Å². The van der Waals surface area contributed by atoms with E-state index < -0.39 is 5.82 Å². The molecule has 0 aliphatic carbocycles. The van der Waals surface area contributed by atoms with Crippen LogP contribution in [0.25, 0.3) is 0 Å². The average Bonchev–Trinajstić information content (AvgIpc) is 2.76. The molecule has 0 saturated heterocycles. The van der Waals surface area contributed by atoms with Gasteiger partial charge in [-0.3, -0.25) is 0 Å². The second kappa shape index (κ2) is 6.55. The summed E-state index contributed by atoms with van der Waals surface area (Å²) < 4.78 is 14.5. The van der Waals surface area contributed by atoms with Crippen LogP contribution < -0.4 is 5.32 Å². The Balaban J connectivity index is 2.10. The molecular formula is C13H11BrCl2FNS. The zero-order valence-corrected chi connectivity index (χ0v) is 13.9. The van der Waals surface area contributed by atoms with Crippen LogP contribution in [0.4, 0.5) is 4.39 Å². The van der Waals surface area contributed by atoms with E-state index in [4.69, 9.17) is 23.2 Å². The molecule has 1 aromatic heterocycles. The van der Waals surface area contributed by atoms with E-state index in [0.29, 0.717) is 17.1 Å². The van der Waals surface area contributed by atoms with Crippen molar-refractivity contribution in [1.29, 1.82) is 0 Å². The van der Waals surface area contributed by atoms with Gasteiger partial charge in [-0.15, -0.1) is 11.3 Å². The van der Waals surface area contributed by atoms with Gasteiger partial charge in [0.25, 0.3) is 0 Å². The fourth-order valence-electron chi connectivity index (χ4n) is 1.68. The van der Waals surface area contributed by atoms with Gasteiger partial charge in [-0.2, -0.15) is 0 Å². The predicted molar refractivity (Wildman–Crippen MR) is 83.7 cm³/mol. The Kier molecular flexibility index (Phi) is 5.26. The van der Waals surface area contributed by atoms with Crippen LogP contribution in [0, 0.1) is 5.82 Å². The van der Waals surface area contributed by atoms with Crippen LogP contribution in [0.2, 0.25) is 10.0 Å². The fourth-order valence-corrected chi connectivity index (χ4v) is 3.67. The van der Waals surface area contributed by atoms with Gasteiger partial charge in [-0.25, -0.2) is 4.39 Å². The number of thiophene rings is 1. The molecule has 0 aliphatic rings. The van der Waals surface area contributed by atoms with Crippen molar-refractivity contribution in [3.8, 4) is 0 Å². The molecule has 1 nitrogen and oxygen atoms in total. The third-order valence-corrected chi connectivity index (χ3v) is 5.31. The van der Waals surface area contributed by atoms with Crippen LogP contribution in [0.3, 0.4) is 0 Å². The van der Waals surface area contributed by atoms with Crippen molar-refractivity contribution in [3.63, 3.8) is 0 Å². The maximum absolute atomic E-state index is 13.5. The van der Waals surface area contributed by atoms with E-state index in [-0.39, 0.29) is 11.1 Å². The summed E-state index contributed by atoms with van der Waals surface area (Å²) in [6.45, 7) is 2.63. The second-order valence-corrected chi connectivity index (χ2v) is 6.75. The van der Waals surface area contributed by atoms with E-state index in [1.807, 2.05) is 18.4 Å². The first-order valence-electron chi connectivity index (χ1n) is 5.58. The second-order valence-electron chi connectivity index (χ2n) is 4.08. The van der Waals surface area contributed by atoms with Crippen LogP contribution in [-0.4, -0.2) is 0 Å². The molecule has 102 valence electrons. The van der Waals surface area contributed by atoms with Crippen molar-refractivity contribution >= 4 is 50.5 Å². The molecule has 0 amide bonds. The topological polar surface area (TPSA) is 12.0 Å². The lowest BCUT2D eigenvalue weighted by Gasteiger charge is -2.16. The minimum Gasteiger partial charge on any atom is -0.305 e. The summed E-state index contributed by atoms with van der Waals surface area (Å²) in [4.78, 5) is 1.19. The predicted octanol–water partition coefficient (Wildman–Crippen LogP) is 5.81. The zero-order valence-electron chi connectivity index (χ0n) is 10.0. The van der Waals surface area contributed by atoms with Gasteiger partial charge < -0.3 is 5.32 Å². The molecule has 0 aliphatic heterocycles. The Morgan fingerprint density at radius 1 is 1.37 bits per heavy atom. The van der Waals surface area contributed by atoms with Gasteiger partial charge in [-0.05, 0) is 52.0 Å². The summed E-state index contributed by atoms with van der Waals surface area (Å²) in [5, 5.41) is 5.84. The molecule has 0 spiro atoms. The highest BCUT2D eigenvalue weighted by Crippen LogP contribution is 2.29. The van der Waals surface area contributed by atoms with E-state index in [2.05, 4.69) is 21.2 Å². The number of nitrogens with one attached hydrogen (secondary N) is 1. The molecule has 1 N–H and O–H groups in total. The maximum atomic E-state index is 13.5. The summed E-state index contributed by atoms with van der Waals surface area (Å²) in [7, 11) is 0. The van der Waals surface area contributed by atoms with Crippen molar-refractivity contribution in [2.75, 3.05) is 0 Å². The molecule has 1 atom stereocenters. The third-order valence-electron chi connectivity index (χ3n) is 2.77. The van der Waals surface area contributed by atoms with Gasteiger partial charge in [0.15, 0.2) is 0 Å². The monoisotopic (exact) mass is 381 g/mol. The first kappa shape index (κ1) is 15.3.